The van der Waals surface area contributed by atoms with E-state index in [9.17, 15) is 9.59 Å². The molecule has 0 aliphatic rings. The van der Waals surface area contributed by atoms with E-state index in [1.807, 2.05) is 36.4 Å². The van der Waals surface area contributed by atoms with Crippen LogP contribution < -0.4 is 0 Å². The van der Waals surface area contributed by atoms with E-state index in [1.54, 1.807) is 27.0 Å². The van der Waals surface area contributed by atoms with Crippen LogP contribution in [0.2, 0.25) is 0 Å². The number of esters is 1. The third kappa shape index (κ3) is 3.18. The Labute approximate surface area is 140 Å². The van der Waals surface area contributed by atoms with Crippen LogP contribution >= 0.6 is 0 Å². The fraction of sp³-hybridized carbons (Fsp3) is 0.300. The van der Waals surface area contributed by atoms with Crippen LogP contribution in [0.3, 0.4) is 0 Å². The Morgan fingerprint density at radius 1 is 1.08 bits per heavy atom. The maximum Gasteiger partial charge on any atom is 0.310 e. The van der Waals surface area contributed by atoms with Gasteiger partial charge in [-0.2, -0.15) is 0 Å². The number of ketones is 1. The minimum absolute atomic E-state index is 0.0818. The molecule has 4 heteroatoms. The molecule has 0 atom stereocenters. The first-order chi connectivity index (χ1) is 11.4. The molecule has 2 aromatic carbocycles. The van der Waals surface area contributed by atoms with Gasteiger partial charge in [0.05, 0.1) is 12.7 Å². The number of furan rings is 1. The van der Waals surface area contributed by atoms with Gasteiger partial charge in [-0.25, -0.2) is 0 Å². The molecule has 0 radical (unpaired) electrons. The van der Waals surface area contributed by atoms with Crippen molar-refractivity contribution in [1.29, 1.82) is 0 Å². The molecule has 1 heterocycles. The largest absolute Gasteiger partial charge is 0.464 e. The van der Waals surface area contributed by atoms with Gasteiger partial charge in [-0.15, -0.1) is 0 Å². The number of hydrogen-bond donors (Lipinski definition) is 0. The molecule has 0 unspecified atom stereocenters. The lowest BCUT2D eigenvalue weighted by atomic mass is 9.91. The fourth-order valence-electron chi connectivity index (χ4n) is 2.57. The molecule has 0 N–H and O–H groups in total. The van der Waals surface area contributed by atoms with Crippen molar-refractivity contribution >= 4 is 33.5 Å². The summed E-state index contributed by atoms with van der Waals surface area (Å²) in [5.41, 5.74) is 0.996. The average Bonchev–Trinajstić information content (AvgIpc) is 2.95. The number of hydrogen-bond acceptors (Lipinski definition) is 4. The summed E-state index contributed by atoms with van der Waals surface area (Å²) in [5, 5.41) is 3.05. The predicted molar refractivity (Wildman–Crippen MR) is 92.8 cm³/mol. The van der Waals surface area contributed by atoms with Crippen molar-refractivity contribution in [3.05, 3.63) is 48.2 Å². The Balaban J connectivity index is 1.82. The number of Topliss-reactive ketones (excluding diaryl/α,β-unsaturated/α-hetero) is 1. The third-order valence-corrected chi connectivity index (χ3v) is 4.08. The Hall–Kier alpha value is -2.62. The first kappa shape index (κ1) is 16.2. The van der Waals surface area contributed by atoms with Crippen molar-refractivity contribution in [3.8, 4) is 0 Å². The standard InChI is InChI=1S/C20H20O4/c1-20(2,3)17(21)12-24-18(22)10-14-11-23-16-9-8-13-6-4-5-7-15(13)19(14)16/h4-9,11H,10,12H2,1-3H3. The number of carbonyl (C=O) groups is 2. The summed E-state index contributed by atoms with van der Waals surface area (Å²) >= 11 is 0. The quantitative estimate of drug-likeness (QED) is 0.672. The van der Waals surface area contributed by atoms with Gasteiger partial charge in [-0.05, 0) is 16.8 Å². The van der Waals surface area contributed by atoms with Crippen LogP contribution in [0.4, 0.5) is 0 Å². The van der Waals surface area contributed by atoms with Crippen molar-refractivity contribution in [3.63, 3.8) is 0 Å². The van der Waals surface area contributed by atoms with E-state index < -0.39 is 11.4 Å². The summed E-state index contributed by atoms with van der Waals surface area (Å²) < 4.78 is 10.7. The normalized spacial score (nSPS) is 11.8. The zero-order chi connectivity index (χ0) is 17.3. The molecule has 0 saturated heterocycles. The van der Waals surface area contributed by atoms with Crippen molar-refractivity contribution in [2.75, 3.05) is 6.61 Å². The van der Waals surface area contributed by atoms with Crippen molar-refractivity contribution in [1.82, 2.24) is 0 Å². The van der Waals surface area contributed by atoms with Crippen molar-refractivity contribution < 1.29 is 18.7 Å². The maximum absolute atomic E-state index is 12.1. The van der Waals surface area contributed by atoms with E-state index >= 15 is 0 Å². The molecule has 24 heavy (non-hydrogen) atoms. The summed E-state index contributed by atoms with van der Waals surface area (Å²) in [6.07, 6.45) is 1.67. The molecule has 1 aromatic heterocycles. The Kier molecular flexibility index (Phi) is 4.14. The first-order valence-corrected chi connectivity index (χ1v) is 7.93. The smallest absolute Gasteiger partial charge is 0.310 e. The Bertz CT molecular complexity index is 912. The second kappa shape index (κ2) is 6.11. The van der Waals surface area contributed by atoms with Gasteiger partial charge in [0.15, 0.2) is 12.4 Å². The summed E-state index contributed by atoms with van der Waals surface area (Å²) in [7, 11) is 0. The number of ether oxygens (including phenoxy) is 1. The molecular formula is C20H20O4. The molecule has 0 amide bonds. The number of rotatable bonds is 4. The van der Waals surface area contributed by atoms with Gasteiger partial charge in [-0.3, -0.25) is 9.59 Å². The number of fused-ring (bicyclic) bond motifs is 3. The van der Waals surface area contributed by atoms with Crippen LogP contribution in [0, 0.1) is 5.41 Å². The molecular weight excluding hydrogens is 304 g/mol. The third-order valence-electron chi connectivity index (χ3n) is 4.08. The van der Waals surface area contributed by atoms with E-state index in [0.29, 0.717) is 0 Å². The molecule has 0 aliphatic heterocycles. The lowest BCUT2D eigenvalue weighted by molar-refractivity contribution is -0.149. The van der Waals surface area contributed by atoms with E-state index in [1.165, 1.54) is 0 Å². The minimum atomic E-state index is -0.515. The summed E-state index contributed by atoms with van der Waals surface area (Å²) in [6, 6.07) is 11.8. The lowest BCUT2D eigenvalue weighted by Gasteiger charge is -2.16. The molecule has 3 rings (SSSR count). The van der Waals surface area contributed by atoms with Gasteiger partial charge in [-0.1, -0.05) is 51.1 Å². The molecule has 3 aromatic rings. The van der Waals surface area contributed by atoms with E-state index in [0.717, 1.165) is 27.3 Å². The SMILES string of the molecule is CC(C)(C)C(=O)COC(=O)Cc1coc2ccc3ccccc3c12. The average molecular weight is 324 g/mol. The fourth-order valence-corrected chi connectivity index (χ4v) is 2.57. The first-order valence-electron chi connectivity index (χ1n) is 7.93. The second-order valence-corrected chi connectivity index (χ2v) is 6.93. The number of carbonyl (C=O) groups excluding carboxylic acids is 2. The molecule has 4 nitrogen and oxygen atoms in total. The Morgan fingerprint density at radius 2 is 1.83 bits per heavy atom. The molecule has 0 fully saturated rings. The molecule has 0 spiro atoms. The van der Waals surface area contributed by atoms with E-state index in [-0.39, 0.29) is 18.8 Å². The van der Waals surface area contributed by atoms with Crippen LogP contribution in [-0.4, -0.2) is 18.4 Å². The van der Waals surface area contributed by atoms with Crippen LogP contribution in [0.25, 0.3) is 21.7 Å². The molecule has 0 bridgehead atoms. The van der Waals surface area contributed by atoms with Gasteiger partial charge in [0.1, 0.15) is 5.58 Å². The van der Waals surface area contributed by atoms with Crippen molar-refractivity contribution in [2.45, 2.75) is 27.2 Å². The van der Waals surface area contributed by atoms with Gasteiger partial charge < -0.3 is 9.15 Å². The minimum Gasteiger partial charge on any atom is -0.464 e. The summed E-state index contributed by atoms with van der Waals surface area (Å²) in [4.78, 5) is 24.0. The van der Waals surface area contributed by atoms with Gasteiger partial charge in [0.2, 0.25) is 0 Å². The predicted octanol–water partition coefficient (Wildman–Crippen LogP) is 4.29. The van der Waals surface area contributed by atoms with Crippen molar-refractivity contribution in [2.24, 2.45) is 5.41 Å². The van der Waals surface area contributed by atoms with Gasteiger partial charge in [0, 0.05) is 16.4 Å². The lowest BCUT2D eigenvalue weighted by Crippen LogP contribution is -2.26. The van der Waals surface area contributed by atoms with Crippen LogP contribution in [0.5, 0.6) is 0 Å². The second-order valence-electron chi connectivity index (χ2n) is 6.93. The van der Waals surface area contributed by atoms with E-state index in [2.05, 4.69) is 0 Å². The molecule has 0 aliphatic carbocycles. The molecule has 0 saturated carbocycles. The monoisotopic (exact) mass is 324 g/mol. The highest BCUT2D eigenvalue weighted by Gasteiger charge is 2.23. The summed E-state index contributed by atoms with van der Waals surface area (Å²) in [5.74, 6) is -0.526. The van der Waals surface area contributed by atoms with Crippen LogP contribution in [0.15, 0.2) is 47.1 Å². The van der Waals surface area contributed by atoms with E-state index in [4.69, 9.17) is 9.15 Å². The topological polar surface area (TPSA) is 56.5 Å². The maximum atomic E-state index is 12.1. The highest BCUT2D eigenvalue weighted by Crippen LogP contribution is 2.30. The highest BCUT2D eigenvalue weighted by atomic mass is 16.5. The van der Waals surface area contributed by atoms with Crippen LogP contribution in [-0.2, 0) is 20.7 Å². The van der Waals surface area contributed by atoms with Crippen LogP contribution in [0.1, 0.15) is 26.3 Å². The Morgan fingerprint density at radius 3 is 2.58 bits per heavy atom. The zero-order valence-electron chi connectivity index (χ0n) is 14.1. The number of benzene rings is 2. The molecule has 124 valence electrons. The summed E-state index contributed by atoms with van der Waals surface area (Å²) in [6.45, 7) is 5.22. The van der Waals surface area contributed by atoms with Gasteiger partial charge in [0.25, 0.3) is 0 Å². The van der Waals surface area contributed by atoms with Gasteiger partial charge >= 0.3 is 5.97 Å². The zero-order valence-corrected chi connectivity index (χ0v) is 14.1. The highest BCUT2D eigenvalue weighted by molar-refractivity contribution is 6.08.